The van der Waals surface area contributed by atoms with E-state index in [4.69, 9.17) is 4.74 Å². The van der Waals surface area contributed by atoms with E-state index in [1.165, 1.54) is 10.4 Å². The number of unbranched alkanes of at least 4 members (excludes halogenated alkanes) is 2. The Morgan fingerprint density at radius 1 is 1.17 bits per heavy atom. The van der Waals surface area contributed by atoms with E-state index in [9.17, 15) is 4.79 Å². The lowest BCUT2D eigenvalue weighted by molar-refractivity contribution is -0.143. The number of nitrogens with one attached hydrogen (secondary N) is 1. The SMILES string of the molecule is CCOC(=O)CCCCCNc1nc(C)nc2sc(C)c(C)c12. The minimum atomic E-state index is -0.0991. The number of aryl methyl sites for hydroxylation is 3. The molecule has 0 saturated carbocycles. The molecule has 0 aliphatic rings. The van der Waals surface area contributed by atoms with Crippen molar-refractivity contribution in [1.29, 1.82) is 0 Å². The minimum Gasteiger partial charge on any atom is -0.466 e. The van der Waals surface area contributed by atoms with Gasteiger partial charge in [-0.25, -0.2) is 9.97 Å². The van der Waals surface area contributed by atoms with Crippen LogP contribution in [0.15, 0.2) is 0 Å². The number of rotatable bonds is 8. The third-order valence-corrected chi connectivity index (χ3v) is 4.90. The number of thiophene rings is 1. The molecule has 0 atom stereocenters. The number of anilines is 1. The molecule has 5 nitrogen and oxygen atoms in total. The third-order valence-electron chi connectivity index (χ3n) is 3.80. The van der Waals surface area contributed by atoms with Crippen molar-refractivity contribution < 1.29 is 9.53 Å². The Bertz CT molecular complexity index is 682. The summed E-state index contributed by atoms with van der Waals surface area (Å²) in [5.74, 6) is 1.63. The summed E-state index contributed by atoms with van der Waals surface area (Å²) < 4.78 is 4.92. The second kappa shape index (κ2) is 8.24. The first kappa shape index (κ1) is 17.7. The zero-order chi connectivity index (χ0) is 16.8. The van der Waals surface area contributed by atoms with Crippen LogP contribution >= 0.6 is 11.3 Å². The summed E-state index contributed by atoms with van der Waals surface area (Å²) in [5, 5.41) is 4.58. The fourth-order valence-electron chi connectivity index (χ4n) is 2.50. The molecule has 23 heavy (non-hydrogen) atoms. The molecule has 0 radical (unpaired) electrons. The molecule has 0 aliphatic heterocycles. The number of nitrogens with zero attached hydrogens (tertiary/aromatic N) is 2. The molecule has 0 aliphatic carbocycles. The van der Waals surface area contributed by atoms with Gasteiger partial charge in [-0.3, -0.25) is 4.79 Å². The number of ether oxygens (including phenoxy) is 1. The summed E-state index contributed by atoms with van der Waals surface area (Å²) in [6.45, 7) is 9.31. The standard InChI is InChI=1S/C17H25N3O2S/c1-5-22-14(21)9-7-6-8-10-18-16-15-11(2)12(3)23-17(15)20-13(4)19-16/h5-10H2,1-4H3,(H,18,19,20). The van der Waals surface area contributed by atoms with Crippen LogP contribution in [-0.4, -0.2) is 29.1 Å². The first-order valence-electron chi connectivity index (χ1n) is 8.16. The van der Waals surface area contributed by atoms with Crippen molar-refractivity contribution in [2.75, 3.05) is 18.5 Å². The van der Waals surface area contributed by atoms with E-state index in [0.29, 0.717) is 13.0 Å². The average Bonchev–Trinajstić information content (AvgIpc) is 2.77. The molecule has 0 amide bonds. The summed E-state index contributed by atoms with van der Waals surface area (Å²) >= 11 is 1.72. The number of carbonyl (C=O) groups is 1. The van der Waals surface area contributed by atoms with Crippen LogP contribution in [0.3, 0.4) is 0 Å². The summed E-state index contributed by atoms with van der Waals surface area (Å²) in [7, 11) is 0. The Morgan fingerprint density at radius 3 is 2.70 bits per heavy atom. The molecule has 0 aromatic carbocycles. The zero-order valence-corrected chi connectivity index (χ0v) is 15.2. The maximum atomic E-state index is 11.3. The third kappa shape index (κ3) is 4.64. The highest BCUT2D eigenvalue weighted by Crippen LogP contribution is 2.33. The summed E-state index contributed by atoms with van der Waals surface area (Å²) in [6.07, 6.45) is 3.38. The number of hydrogen-bond donors (Lipinski definition) is 1. The van der Waals surface area contributed by atoms with Crippen molar-refractivity contribution in [3.8, 4) is 0 Å². The molecule has 0 fully saturated rings. The van der Waals surface area contributed by atoms with Gasteiger partial charge in [0.1, 0.15) is 16.5 Å². The largest absolute Gasteiger partial charge is 0.466 e. The molecule has 0 spiro atoms. The topological polar surface area (TPSA) is 64.1 Å². The lowest BCUT2D eigenvalue weighted by Crippen LogP contribution is -2.07. The average molecular weight is 335 g/mol. The van der Waals surface area contributed by atoms with Gasteiger partial charge in [0.2, 0.25) is 0 Å². The normalized spacial score (nSPS) is 11.0. The van der Waals surface area contributed by atoms with Gasteiger partial charge in [0, 0.05) is 17.8 Å². The van der Waals surface area contributed by atoms with E-state index in [0.717, 1.165) is 47.7 Å². The first-order chi connectivity index (χ1) is 11.0. The molecular weight excluding hydrogens is 310 g/mol. The summed E-state index contributed by atoms with van der Waals surface area (Å²) in [5.41, 5.74) is 1.26. The van der Waals surface area contributed by atoms with Crippen molar-refractivity contribution in [2.45, 2.75) is 53.4 Å². The van der Waals surface area contributed by atoms with E-state index in [-0.39, 0.29) is 5.97 Å². The molecule has 2 rings (SSSR count). The molecule has 2 aromatic rings. The predicted octanol–water partition coefficient (Wildman–Crippen LogP) is 4.15. The number of carbonyl (C=O) groups excluding carboxylic acids is 1. The second-order valence-electron chi connectivity index (χ2n) is 5.63. The lowest BCUT2D eigenvalue weighted by atomic mass is 10.2. The smallest absolute Gasteiger partial charge is 0.305 e. The van der Waals surface area contributed by atoms with E-state index in [2.05, 4.69) is 29.1 Å². The number of fused-ring (bicyclic) bond motifs is 1. The molecule has 2 aromatic heterocycles. The van der Waals surface area contributed by atoms with Crippen LogP contribution in [0.4, 0.5) is 5.82 Å². The second-order valence-corrected chi connectivity index (χ2v) is 6.83. The first-order valence-corrected chi connectivity index (χ1v) is 8.98. The van der Waals surface area contributed by atoms with Gasteiger partial charge < -0.3 is 10.1 Å². The van der Waals surface area contributed by atoms with Crippen LogP contribution in [0.1, 0.15) is 48.9 Å². The van der Waals surface area contributed by atoms with Gasteiger partial charge >= 0.3 is 5.97 Å². The molecule has 0 bridgehead atoms. The highest BCUT2D eigenvalue weighted by atomic mass is 32.1. The molecule has 0 saturated heterocycles. The van der Waals surface area contributed by atoms with Crippen molar-refractivity contribution in [2.24, 2.45) is 0 Å². The molecule has 1 N–H and O–H groups in total. The Hall–Kier alpha value is -1.69. The Balaban J connectivity index is 1.86. The van der Waals surface area contributed by atoms with Gasteiger partial charge in [0.05, 0.1) is 12.0 Å². The van der Waals surface area contributed by atoms with Gasteiger partial charge in [-0.2, -0.15) is 0 Å². The monoisotopic (exact) mass is 335 g/mol. The minimum absolute atomic E-state index is 0.0991. The van der Waals surface area contributed by atoms with Crippen LogP contribution in [0.25, 0.3) is 10.2 Å². The molecular formula is C17H25N3O2S. The van der Waals surface area contributed by atoms with Gasteiger partial charge in [-0.1, -0.05) is 6.42 Å². The van der Waals surface area contributed by atoms with E-state index in [1.807, 2.05) is 13.8 Å². The fourth-order valence-corrected chi connectivity index (χ4v) is 3.57. The lowest BCUT2D eigenvalue weighted by Gasteiger charge is -2.08. The van der Waals surface area contributed by atoms with Crippen LogP contribution in [0, 0.1) is 20.8 Å². The highest BCUT2D eigenvalue weighted by molar-refractivity contribution is 7.18. The Labute approximate surface area is 141 Å². The van der Waals surface area contributed by atoms with Crippen LogP contribution in [0.2, 0.25) is 0 Å². The maximum absolute atomic E-state index is 11.3. The van der Waals surface area contributed by atoms with Gasteiger partial charge in [-0.15, -0.1) is 11.3 Å². The van der Waals surface area contributed by atoms with E-state index in [1.54, 1.807) is 11.3 Å². The quantitative estimate of drug-likeness (QED) is 0.580. The molecule has 126 valence electrons. The molecule has 2 heterocycles. The number of hydrogen-bond acceptors (Lipinski definition) is 6. The highest BCUT2D eigenvalue weighted by Gasteiger charge is 2.12. The van der Waals surface area contributed by atoms with Gasteiger partial charge in [0.15, 0.2) is 0 Å². The summed E-state index contributed by atoms with van der Waals surface area (Å²) in [4.78, 5) is 22.7. The van der Waals surface area contributed by atoms with Gasteiger partial charge in [-0.05, 0) is 46.1 Å². The van der Waals surface area contributed by atoms with Crippen molar-refractivity contribution in [3.63, 3.8) is 0 Å². The maximum Gasteiger partial charge on any atom is 0.305 e. The Kier molecular flexibility index (Phi) is 6.33. The van der Waals surface area contributed by atoms with Crippen molar-refractivity contribution in [3.05, 3.63) is 16.3 Å². The number of esters is 1. The van der Waals surface area contributed by atoms with Crippen molar-refractivity contribution in [1.82, 2.24) is 9.97 Å². The predicted molar refractivity (Wildman–Crippen MR) is 95.2 cm³/mol. The van der Waals surface area contributed by atoms with Crippen LogP contribution in [0.5, 0.6) is 0 Å². The van der Waals surface area contributed by atoms with Crippen LogP contribution < -0.4 is 5.32 Å². The van der Waals surface area contributed by atoms with E-state index < -0.39 is 0 Å². The zero-order valence-electron chi connectivity index (χ0n) is 14.4. The summed E-state index contributed by atoms with van der Waals surface area (Å²) in [6, 6.07) is 0. The van der Waals surface area contributed by atoms with E-state index >= 15 is 0 Å². The molecule has 0 unspecified atom stereocenters. The van der Waals surface area contributed by atoms with Crippen LogP contribution in [-0.2, 0) is 9.53 Å². The number of aromatic nitrogens is 2. The molecule has 6 heteroatoms. The fraction of sp³-hybridized carbons (Fsp3) is 0.588. The van der Waals surface area contributed by atoms with Crippen molar-refractivity contribution >= 4 is 33.3 Å². The van der Waals surface area contributed by atoms with Gasteiger partial charge in [0.25, 0.3) is 0 Å². The Morgan fingerprint density at radius 2 is 1.96 bits per heavy atom.